The monoisotopic (exact) mass is 343 g/mol. The second-order valence-corrected chi connectivity index (χ2v) is 7.88. The van der Waals surface area contributed by atoms with Gasteiger partial charge in [0.25, 0.3) is 0 Å². The van der Waals surface area contributed by atoms with E-state index in [-0.39, 0.29) is 34.5 Å². The van der Waals surface area contributed by atoms with Crippen molar-refractivity contribution >= 4 is 25.6 Å². The Labute approximate surface area is 148 Å². The van der Waals surface area contributed by atoms with E-state index in [0.717, 1.165) is 18.8 Å². The molecule has 6 nitrogen and oxygen atoms in total. The predicted octanol–water partition coefficient (Wildman–Crippen LogP) is -2.14. The van der Waals surface area contributed by atoms with E-state index in [1.54, 1.807) is 12.1 Å². The van der Waals surface area contributed by atoms with Crippen LogP contribution in [0.4, 0.5) is 5.69 Å². The molecule has 0 N–H and O–H groups in total. The average Bonchev–Trinajstić information content (AvgIpc) is 2.38. The van der Waals surface area contributed by atoms with Gasteiger partial charge in [-0.3, -0.25) is 0 Å². The van der Waals surface area contributed by atoms with Gasteiger partial charge in [0.15, 0.2) is 9.84 Å². The van der Waals surface area contributed by atoms with Crippen molar-refractivity contribution in [3.63, 3.8) is 0 Å². The number of benzene rings is 1. The Kier molecular flexibility index (Phi) is 8.45. The van der Waals surface area contributed by atoms with E-state index < -0.39 is 31.5 Å². The quantitative estimate of drug-likeness (QED) is 0.414. The zero-order valence-corrected chi connectivity index (χ0v) is 16.1. The Morgan fingerprint density at radius 3 is 2.10 bits per heavy atom. The van der Waals surface area contributed by atoms with Crippen LogP contribution in [-0.4, -0.2) is 46.0 Å². The van der Waals surface area contributed by atoms with Gasteiger partial charge < -0.3 is 9.45 Å². The molecule has 114 valence electrons. The molecule has 0 aromatic heterocycles. The van der Waals surface area contributed by atoms with Crippen LogP contribution >= 0.6 is 0 Å². The first-order valence-corrected chi connectivity index (χ1v) is 9.44. The molecule has 9 heteroatoms. The first-order valence-electron chi connectivity index (χ1n) is 6.21. The van der Waals surface area contributed by atoms with Crippen LogP contribution in [0.2, 0.25) is 0 Å². The summed E-state index contributed by atoms with van der Waals surface area (Å²) in [7, 11) is -8.31. The molecule has 0 amide bonds. The number of nitrogens with zero attached hydrogens (tertiary/aromatic N) is 1. The summed E-state index contributed by atoms with van der Waals surface area (Å²) in [4.78, 5) is 2.01. The SMILES string of the molecule is CCN(CC)c1cccc(S(=O)(=O)CCS(=O)(=O)[O-])c1.[Na+]. The largest absolute Gasteiger partial charge is 1.00 e. The zero-order chi connectivity index (χ0) is 15.4. The Hall–Kier alpha value is -0.120. The molecule has 0 aliphatic carbocycles. The third kappa shape index (κ3) is 6.66. The van der Waals surface area contributed by atoms with Gasteiger partial charge in [0, 0.05) is 18.8 Å². The molecule has 1 aromatic rings. The van der Waals surface area contributed by atoms with Gasteiger partial charge in [0.2, 0.25) is 0 Å². The van der Waals surface area contributed by atoms with E-state index in [4.69, 9.17) is 0 Å². The van der Waals surface area contributed by atoms with Crippen molar-refractivity contribution in [2.45, 2.75) is 18.7 Å². The minimum atomic E-state index is -4.54. The van der Waals surface area contributed by atoms with Gasteiger partial charge in [-0.05, 0) is 32.0 Å². The fraction of sp³-hybridized carbons (Fsp3) is 0.500. The standard InChI is InChI=1S/C12H19NO5S2.Na/c1-3-13(4-2)11-6-5-7-12(10-11)19(14,15)8-9-20(16,17)18;/h5-7,10H,3-4,8-9H2,1-2H3,(H,16,17,18);/q;+1/p-1. The minimum absolute atomic E-state index is 0. The van der Waals surface area contributed by atoms with Gasteiger partial charge >= 0.3 is 29.6 Å². The Balaban J connectivity index is 0.00000400. The van der Waals surface area contributed by atoms with Crippen molar-refractivity contribution in [1.82, 2.24) is 0 Å². The normalized spacial score (nSPS) is 11.8. The summed E-state index contributed by atoms with van der Waals surface area (Å²) in [5.41, 5.74) is 0.751. The van der Waals surface area contributed by atoms with Gasteiger partial charge in [-0.25, -0.2) is 16.8 Å². The molecule has 1 aromatic carbocycles. The molecule has 0 aliphatic rings. The molecule has 0 spiro atoms. The fourth-order valence-electron chi connectivity index (χ4n) is 1.79. The predicted molar refractivity (Wildman–Crippen MR) is 76.6 cm³/mol. The van der Waals surface area contributed by atoms with E-state index in [9.17, 15) is 21.4 Å². The maximum Gasteiger partial charge on any atom is 1.00 e. The Bertz CT molecular complexity index is 654. The first kappa shape index (κ1) is 20.9. The molecule has 1 rings (SSSR count). The van der Waals surface area contributed by atoms with Gasteiger partial charge in [0.05, 0.1) is 26.5 Å². The van der Waals surface area contributed by atoms with Crippen LogP contribution in [-0.2, 0) is 20.0 Å². The molecule has 21 heavy (non-hydrogen) atoms. The van der Waals surface area contributed by atoms with Crippen molar-refractivity contribution in [3.8, 4) is 0 Å². The molecule has 0 saturated heterocycles. The van der Waals surface area contributed by atoms with Crippen LogP contribution in [0.5, 0.6) is 0 Å². The van der Waals surface area contributed by atoms with Crippen LogP contribution < -0.4 is 34.5 Å². The number of anilines is 1. The van der Waals surface area contributed by atoms with E-state index in [0.29, 0.717) is 0 Å². The average molecular weight is 343 g/mol. The van der Waals surface area contributed by atoms with E-state index in [1.165, 1.54) is 12.1 Å². The summed E-state index contributed by atoms with van der Waals surface area (Å²) >= 11 is 0. The maximum absolute atomic E-state index is 12.0. The van der Waals surface area contributed by atoms with Crippen LogP contribution in [0.1, 0.15) is 13.8 Å². The summed E-state index contributed by atoms with van der Waals surface area (Å²) in [6, 6.07) is 6.29. The molecule has 0 fully saturated rings. The molecular formula is C12H18NNaO5S2. The van der Waals surface area contributed by atoms with Crippen molar-refractivity contribution in [2.24, 2.45) is 0 Å². The van der Waals surface area contributed by atoms with Crippen LogP contribution in [0.15, 0.2) is 29.2 Å². The molecule has 0 bridgehead atoms. The van der Waals surface area contributed by atoms with Gasteiger partial charge in [-0.2, -0.15) is 0 Å². The zero-order valence-electron chi connectivity index (χ0n) is 12.4. The summed E-state index contributed by atoms with van der Waals surface area (Å²) in [5, 5.41) is 0. The number of hydrogen-bond donors (Lipinski definition) is 0. The van der Waals surface area contributed by atoms with E-state index in [2.05, 4.69) is 0 Å². The molecule has 0 saturated carbocycles. The van der Waals surface area contributed by atoms with E-state index >= 15 is 0 Å². The second kappa shape index (κ2) is 8.50. The van der Waals surface area contributed by atoms with E-state index in [1.807, 2.05) is 18.7 Å². The first-order chi connectivity index (χ1) is 9.19. The Morgan fingerprint density at radius 1 is 1.05 bits per heavy atom. The third-order valence-corrected chi connectivity index (χ3v) is 5.58. The fourth-order valence-corrected chi connectivity index (χ4v) is 4.31. The molecule has 0 heterocycles. The van der Waals surface area contributed by atoms with Crippen molar-refractivity contribution < 1.29 is 50.9 Å². The summed E-state index contributed by atoms with van der Waals surface area (Å²) in [5.74, 6) is -1.61. The molecular weight excluding hydrogens is 325 g/mol. The number of sulfone groups is 1. The van der Waals surface area contributed by atoms with Crippen molar-refractivity contribution in [2.75, 3.05) is 29.5 Å². The topological polar surface area (TPSA) is 94.6 Å². The minimum Gasteiger partial charge on any atom is -0.748 e. The molecule has 0 atom stereocenters. The van der Waals surface area contributed by atoms with Crippen molar-refractivity contribution in [3.05, 3.63) is 24.3 Å². The van der Waals surface area contributed by atoms with Crippen molar-refractivity contribution in [1.29, 1.82) is 0 Å². The number of rotatable bonds is 7. The van der Waals surface area contributed by atoms with Crippen LogP contribution in [0, 0.1) is 0 Å². The molecule has 0 unspecified atom stereocenters. The third-order valence-electron chi connectivity index (χ3n) is 2.91. The van der Waals surface area contributed by atoms with Gasteiger partial charge in [-0.15, -0.1) is 0 Å². The maximum atomic E-state index is 12.0. The molecule has 0 aliphatic heterocycles. The summed E-state index contributed by atoms with van der Waals surface area (Å²) in [6.07, 6.45) is 0. The van der Waals surface area contributed by atoms with Gasteiger partial charge in [0.1, 0.15) is 0 Å². The Morgan fingerprint density at radius 2 is 1.62 bits per heavy atom. The van der Waals surface area contributed by atoms with Crippen LogP contribution in [0.3, 0.4) is 0 Å². The summed E-state index contributed by atoms with van der Waals surface area (Å²) < 4.78 is 55.7. The molecule has 0 radical (unpaired) electrons. The number of hydrogen-bond acceptors (Lipinski definition) is 6. The smallest absolute Gasteiger partial charge is 0.748 e. The second-order valence-electron chi connectivity index (χ2n) is 4.25. The van der Waals surface area contributed by atoms with Gasteiger partial charge in [-0.1, -0.05) is 6.07 Å². The van der Waals surface area contributed by atoms with Crippen LogP contribution in [0.25, 0.3) is 0 Å². The summed E-state index contributed by atoms with van der Waals surface area (Å²) in [6.45, 7) is 5.37.